The van der Waals surface area contributed by atoms with E-state index in [1.165, 1.54) is 66.1 Å². The molecule has 0 radical (unpaired) electrons. The van der Waals surface area contributed by atoms with E-state index in [1.54, 1.807) is 0 Å². The Kier molecular flexibility index (Phi) is 3.19. The van der Waals surface area contributed by atoms with E-state index in [1.807, 2.05) is 0 Å². The van der Waals surface area contributed by atoms with Gasteiger partial charge in [-0.1, -0.05) is 84.9 Å². The molecule has 2 aliphatic carbocycles. The van der Waals surface area contributed by atoms with Gasteiger partial charge in [-0.2, -0.15) is 0 Å². The van der Waals surface area contributed by atoms with Gasteiger partial charge in [-0.25, -0.2) is 0 Å². The lowest BCUT2D eigenvalue weighted by Gasteiger charge is -2.11. The van der Waals surface area contributed by atoms with E-state index in [4.69, 9.17) is 0 Å². The molecule has 0 bridgehead atoms. The van der Waals surface area contributed by atoms with E-state index in [0.29, 0.717) is 0 Å². The molecular formula is C32H19N. The molecule has 2 aliphatic rings. The number of hydrogen-bond donors (Lipinski definition) is 1. The molecule has 0 heterocycles. The Balaban J connectivity index is 1.23. The van der Waals surface area contributed by atoms with Crippen molar-refractivity contribution in [2.45, 2.75) is 0 Å². The lowest BCUT2D eigenvalue weighted by atomic mass is 10.0. The Bertz CT molecular complexity index is 1650. The van der Waals surface area contributed by atoms with E-state index < -0.39 is 0 Å². The molecule has 33 heavy (non-hydrogen) atoms. The summed E-state index contributed by atoms with van der Waals surface area (Å²) < 4.78 is 0. The Morgan fingerprint density at radius 3 is 1.15 bits per heavy atom. The molecule has 1 N–H and O–H groups in total. The third-order valence-corrected chi connectivity index (χ3v) is 7.30. The van der Waals surface area contributed by atoms with Crippen LogP contribution in [0.25, 0.3) is 66.1 Å². The maximum Gasteiger partial charge on any atom is 0.0390 e. The van der Waals surface area contributed by atoms with Crippen LogP contribution in [0.1, 0.15) is 0 Å². The summed E-state index contributed by atoms with van der Waals surface area (Å²) in [4.78, 5) is 0. The van der Waals surface area contributed by atoms with Crippen LogP contribution in [0.3, 0.4) is 0 Å². The second-order valence-corrected chi connectivity index (χ2v) is 9.06. The lowest BCUT2D eigenvalue weighted by molar-refractivity contribution is 1.55. The van der Waals surface area contributed by atoms with Crippen molar-refractivity contribution in [2.75, 3.05) is 5.32 Å². The molecule has 6 aromatic rings. The van der Waals surface area contributed by atoms with Gasteiger partial charge < -0.3 is 5.32 Å². The van der Waals surface area contributed by atoms with Crippen molar-refractivity contribution in [2.24, 2.45) is 0 Å². The van der Waals surface area contributed by atoms with E-state index in [9.17, 15) is 0 Å². The Hall–Kier alpha value is -4.36. The molecule has 6 aromatic carbocycles. The summed E-state index contributed by atoms with van der Waals surface area (Å²) in [6, 6.07) is 39.9. The van der Waals surface area contributed by atoms with Crippen LogP contribution in [0.4, 0.5) is 11.4 Å². The second-order valence-electron chi connectivity index (χ2n) is 9.06. The summed E-state index contributed by atoms with van der Waals surface area (Å²) in [6.45, 7) is 0. The number of nitrogens with one attached hydrogen (secondary N) is 1. The van der Waals surface area contributed by atoms with Gasteiger partial charge in [0.15, 0.2) is 0 Å². The summed E-state index contributed by atoms with van der Waals surface area (Å²) >= 11 is 0. The predicted octanol–water partition coefficient (Wildman–Crippen LogP) is 9.03. The van der Waals surface area contributed by atoms with Crippen molar-refractivity contribution in [3.05, 3.63) is 109 Å². The Morgan fingerprint density at radius 1 is 0.333 bits per heavy atom. The molecule has 0 unspecified atom stereocenters. The molecule has 0 aliphatic heterocycles. The SMILES string of the molecule is c1cc2c3c(cccc3c1)-c1cc(Nc3ccc4c(c3)-c3cccc5cccc-4c35)ccc1-2. The number of anilines is 2. The predicted molar refractivity (Wildman–Crippen MR) is 140 cm³/mol. The van der Waals surface area contributed by atoms with Gasteiger partial charge in [0.05, 0.1) is 0 Å². The van der Waals surface area contributed by atoms with E-state index in [2.05, 4.69) is 115 Å². The largest absolute Gasteiger partial charge is 0.355 e. The Morgan fingerprint density at radius 2 is 0.727 bits per heavy atom. The molecule has 0 spiro atoms. The van der Waals surface area contributed by atoms with Crippen molar-refractivity contribution < 1.29 is 0 Å². The number of hydrogen-bond acceptors (Lipinski definition) is 1. The highest BCUT2D eigenvalue weighted by molar-refractivity contribution is 6.16. The average Bonchev–Trinajstić information content (AvgIpc) is 3.35. The summed E-state index contributed by atoms with van der Waals surface area (Å²) in [6.07, 6.45) is 0. The Labute approximate surface area is 192 Å². The zero-order chi connectivity index (χ0) is 21.5. The molecule has 1 heteroatoms. The molecule has 152 valence electrons. The first kappa shape index (κ1) is 17.2. The van der Waals surface area contributed by atoms with Crippen LogP contribution in [0.5, 0.6) is 0 Å². The van der Waals surface area contributed by atoms with Crippen molar-refractivity contribution in [3.8, 4) is 44.5 Å². The van der Waals surface area contributed by atoms with Crippen LogP contribution in [0.2, 0.25) is 0 Å². The first-order valence-electron chi connectivity index (χ1n) is 11.5. The minimum atomic E-state index is 1.12. The zero-order valence-electron chi connectivity index (χ0n) is 17.9. The third-order valence-electron chi connectivity index (χ3n) is 7.30. The molecule has 1 nitrogen and oxygen atoms in total. The van der Waals surface area contributed by atoms with Crippen molar-refractivity contribution in [1.29, 1.82) is 0 Å². The number of rotatable bonds is 2. The van der Waals surface area contributed by atoms with Gasteiger partial charge in [-0.05, 0) is 90.3 Å². The number of fused-ring (bicyclic) bond motifs is 6. The van der Waals surface area contributed by atoms with E-state index >= 15 is 0 Å². The molecule has 0 aromatic heterocycles. The first-order valence-corrected chi connectivity index (χ1v) is 11.5. The fraction of sp³-hybridized carbons (Fsp3) is 0. The quantitative estimate of drug-likeness (QED) is 0.296. The van der Waals surface area contributed by atoms with Crippen molar-refractivity contribution in [1.82, 2.24) is 0 Å². The normalized spacial score (nSPS) is 12.2. The molecule has 0 fully saturated rings. The fourth-order valence-electron chi connectivity index (χ4n) is 5.91. The highest BCUT2D eigenvalue weighted by atomic mass is 14.9. The van der Waals surface area contributed by atoms with Gasteiger partial charge in [-0.15, -0.1) is 0 Å². The monoisotopic (exact) mass is 417 g/mol. The van der Waals surface area contributed by atoms with Gasteiger partial charge >= 0.3 is 0 Å². The first-order chi connectivity index (χ1) is 16.3. The fourth-order valence-corrected chi connectivity index (χ4v) is 5.91. The molecule has 0 saturated heterocycles. The highest BCUT2D eigenvalue weighted by Gasteiger charge is 2.22. The van der Waals surface area contributed by atoms with Gasteiger partial charge in [0.25, 0.3) is 0 Å². The average molecular weight is 418 g/mol. The number of benzene rings is 6. The maximum atomic E-state index is 3.68. The van der Waals surface area contributed by atoms with Crippen LogP contribution in [-0.4, -0.2) is 0 Å². The summed E-state index contributed by atoms with van der Waals surface area (Å²) in [5, 5.41) is 9.04. The topological polar surface area (TPSA) is 12.0 Å². The van der Waals surface area contributed by atoms with Crippen LogP contribution >= 0.6 is 0 Å². The van der Waals surface area contributed by atoms with Crippen LogP contribution in [0, 0.1) is 0 Å². The summed E-state index contributed by atoms with van der Waals surface area (Å²) in [7, 11) is 0. The smallest absolute Gasteiger partial charge is 0.0390 e. The molecule has 0 atom stereocenters. The van der Waals surface area contributed by atoms with Gasteiger partial charge in [0.2, 0.25) is 0 Å². The zero-order valence-corrected chi connectivity index (χ0v) is 17.9. The minimum Gasteiger partial charge on any atom is -0.355 e. The molecular weight excluding hydrogens is 398 g/mol. The third kappa shape index (κ3) is 2.26. The second kappa shape index (κ2) is 6.11. The lowest BCUT2D eigenvalue weighted by Crippen LogP contribution is -1.92. The minimum absolute atomic E-state index is 1.12. The molecule has 8 rings (SSSR count). The molecule has 0 saturated carbocycles. The van der Waals surface area contributed by atoms with Crippen LogP contribution in [0.15, 0.2) is 109 Å². The molecule has 0 amide bonds. The van der Waals surface area contributed by atoms with Crippen LogP contribution in [-0.2, 0) is 0 Å². The van der Waals surface area contributed by atoms with Crippen LogP contribution < -0.4 is 5.32 Å². The standard InChI is InChI=1S/C32H19N/c1-5-19-7-3-11-27-29-17-21(13-15-23(29)25(9-1)31(19)27)33-22-14-16-24-26-10-2-6-20-8-4-12-28(32(20)26)30(24)18-22/h1-18,33H. The van der Waals surface area contributed by atoms with E-state index in [0.717, 1.165) is 11.4 Å². The highest BCUT2D eigenvalue weighted by Crippen LogP contribution is 2.49. The van der Waals surface area contributed by atoms with Crippen molar-refractivity contribution in [3.63, 3.8) is 0 Å². The van der Waals surface area contributed by atoms with E-state index in [-0.39, 0.29) is 0 Å². The maximum absolute atomic E-state index is 3.68. The summed E-state index contributed by atoms with van der Waals surface area (Å²) in [5.41, 5.74) is 12.8. The van der Waals surface area contributed by atoms with Crippen molar-refractivity contribution >= 4 is 32.9 Å². The van der Waals surface area contributed by atoms with Gasteiger partial charge in [0, 0.05) is 11.4 Å². The summed E-state index contributed by atoms with van der Waals surface area (Å²) in [5.74, 6) is 0. The van der Waals surface area contributed by atoms with Gasteiger partial charge in [-0.3, -0.25) is 0 Å². The van der Waals surface area contributed by atoms with Gasteiger partial charge in [0.1, 0.15) is 0 Å².